The summed E-state index contributed by atoms with van der Waals surface area (Å²) in [5.41, 5.74) is 0. The minimum Gasteiger partial charge on any atom is -0.465 e. The largest absolute Gasteiger partial charge is 0.465 e. The normalized spacial score (nSPS) is 31.9. The van der Waals surface area contributed by atoms with Crippen molar-refractivity contribution in [3.8, 4) is 0 Å². The smallest absolute Gasteiger partial charge is 0.117 e. The molecule has 1 aromatic rings. The van der Waals surface area contributed by atoms with Crippen LogP contribution in [0.15, 0.2) is 16.5 Å². The molecule has 0 radical (unpaired) electrons. The molecule has 0 spiro atoms. The van der Waals surface area contributed by atoms with Gasteiger partial charge in [0.2, 0.25) is 0 Å². The predicted octanol–water partition coefficient (Wildman–Crippen LogP) is 2.03. The predicted molar refractivity (Wildman–Crippen MR) is 67.9 cm³/mol. The van der Waals surface area contributed by atoms with E-state index in [0.717, 1.165) is 30.4 Å². The van der Waals surface area contributed by atoms with Gasteiger partial charge in [0.05, 0.1) is 6.54 Å². The van der Waals surface area contributed by atoms with Crippen LogP contribution in [-0.4, -0.2) is 30.6 Å². The zero-order valence-electron chi connectivity index (χ0n) is 10.6. The lowest BCUT2D eigenvalue weighted by molar-refractivity contribution is 0.0711. The minimum absolute atomic E-state index is 0.674. The molecule has 2 bridgehead atoms. The Hall–Kier alpha value is -0.800. The third-order valence-electron chi connectivity index (χ3n) is 4.26. The molecule has 4 heterocycles. The van der Waals surface area contributed by atoms with E-state index < -0.39 is 0 Å². The van der Waals surface area contributed by atoms with Crippen LogP contribution >= 0.6 is 0 Å². The summed E-state index contributed by atoms with van der Waals surface area (Å²) in [6, 6.07) is 4.87. The van der Waals surface area contributed by atoms with Crippen LogP contribution < -0.4 is 5.32 Å². The molecule has 3 aliphatic heterocycles. The molecule has 3 aliphatic rings. The SMILES string of the molecule is CCc1ccc(CNC2CN3CCC2CC3)o1. The third kappa shape index (κ3) is 2.40. The molecular formula is C14H22N2O. The maximum absolute atomic E-state index is 5.73. The van der Waals surface area contributed by atoms with Gasteiger partial charge in [-0.3, -0.25) is 0 Å². The number of nitrogens with zero attached hydrogens (tertiary/aromatic N) is 1. The van der Waals surface area contributed by atoms with Gasteiger partial charge in [-0.25, -0.2) is 0 Å². The van der Waals surface area contributed by atoms with Crippen molar-refractivity contribution < 1.29 is 4.42 Å². The lowest BCUT2D eigenvalue weighted by Gasteiger charge is -2.45. The zero-order valence-corrected chi connectivity index (χ0v) is 10.6. The maximum Gasteiger partial charge on any atom is 0.117 e. The van der Waals surface area contributed by atoms with E-state index in [-0.39, 0.29) is 0 Å². The average molecular weight is 234 g/mol. The third-order valence-corrected chi connectivity index (χ3v) is 4.26. The fourth-order valence-electron chi connectivity index (χ4n) is 3.14. The monoisotopic (exact) mass is 234 g/mol. The number of furan rings is 1. The van der Waals surface area contributed by atoms with Crippen LogP contribution in [0.25, 0.3) is 0 Å². The van der Waals surface area contributed by atoms with Gasteiger partial charge in [0.1, 0.15) is 11.5 Å². The summed E-state index contributed by atoms with van der Waals surface area (Å²) in [6.07, 6.45) is 3.73. The lowest BCUT2D eigenvalue weighted by atomic mass is 9.84. The highest BCUT2D eigenvalue weighted by Gasteiger charge is 2.33. The summed E-state index contributed by atoms with van der Waals surface area (Å²) < 4.78 is 5.73. The highest BCUT2D eigenvalue weighted by molar-refractivity contribution is 5.07. The van der Waals surface area contributed by atoms with E-state index in [1.54, 1.807) is 0 Å². The van der Waals surface area contributed by atoms with Crippen LogP contribution in [-0.2, 0) is 13.0 Å². The first-order valence-electron chi connectivity index (χ1n) is 6.88. The Balaban J connectivity index is 1.54. The highest BCUT2D eigenvalue weighted by Crippen LogP contribution is 2.27. The highest BCUT2D eigenvalue weighted by atomic mass is 16.3. The standard InChI is InChI=1S/C14H22N2O/c1-2-12-3-4-13(17-12)9-15-14-10-16-7-5-11(14)6-8-16/h3-4,11,14-15H,2,5-10H2,1H3. The van der Waals surface area contributed by atoms with Gasteiger partial charge in [-0.2, -0.15) is 0 Å². The molecule has 1 atom stereocenters. The van der Waals surface area contributed by atoms with E-state index in [9.17, 15) is 0 Å². The summed E-state index contributed by atoms with van der Waals surface area (Å²) in [5.74, 6) is 3.06. The summed E-state index contributed by atoms with van der Waals surface area (Å²) in [7, 11) is 0. The van der Waals surface area contributed by atoms with Gasteiger partial charge in [-0.1, -0.05) is 6.92 Å². The fraction of sp³-hybridized carbons (Fsp3) is 0.714. The molecular weight excluding hydrogens is 212 g/mol. The second kappa shape index (κ2) is 4.83. The Morgan fingerprint density at radius 1 is 1.29 bits per heavy atom. The fourth-order valence-corrected chi connectivity index (χ4v) is 3.14. The summed E-state index contributed by atoms with van der Waals surface area (Å²) in [4.78, 5) is 2.58. The van der Waals surface area contributed by atoms with Crippen LogP contribution in [0.4, 0.5) is 0 Å². The van der Waals surface area contributed by atoms with Crippen LogP contribution in [0.3, 0.4) is 0 Å². The first-order valence-corrected chi connectivity index (χ1v) is 6.88. The van der Waals surface area contributed by atoms with Crippen molar-refractivity contribution in [2.24, 2.45) is 5.92 Å². The van der Waals surface area contributed by atoms with Crippen molar-refractivity contribution >= 4 is 0 Å². The van der Waals surface area contributed by atoms with Gasteiger partial charge in [-0.05, 0) is 44.0 Å². The molecule has 3 heteroatoms. The van der Waals surface area contributed by atoms with Gasteiger partial charge in [-0.15, -0.1) is 0 Å². The zero-order chi connectivity index (χ0) is 11.7. The molecule has 3 nitrogen and oxygen atoms in total. The maximum atomic E-state index is 5.73. The van der Waals surface area contributed by atoms with Crippen molar-refractivity contribution in [1.82, 2.24) is 10.2 Å². The second-order valence-corrected chi connectivity index (χ2v) is 5.35. The number of fused-ring (bicyclic) bond motifs is 3. The minimum atomic E-state index is 0.674. The lowest BCUT2D eigenvalue weighted by Crippen LogP contribution is -2.55. The molecule has 0 aliphatic carbocycles. The van der Waals surface area contributed by atoms with Crippen molar-refractivity contribution in [3.05, 3.63) is 23.7 Å². The van der Waals surface area contributed by atoms with Crippen molar-refractivity contribution in [2.45, 2.75) is 38.8 Å². The number of nitrogens with one attached hydrogen (secondary N) is 1. The van der Waals surface area contributed by atoms with E-state index in [1.807, 2.05) is 0 Å². The van der Waals surface area contributed by atoms with Gasteiger partial charge in [0.15, 0.2) is 0 Å². The second-order valence-electron chi connectivity index (χ2n) is 5.35. The van der Waals surface area contributed by atoms with E-state index in [2.05, 4.69) is 29.3 Å². The quantitative estimate of drug-likeness (QED) is 0.864. The van der Waals surface area contributed by atoms with Gasteiger partial charge < -0.3 is 14.6 Å². The Labute approximate surface area is 103 Å². The molecule has 0 aromatic carbocycles. The first kappa shape index (κ1) is 11.3. The van der Waals surface area contributed by atoms with E-state index in [4.69, 9.17) is 4.42 Å². The molecule has 94 valence electrons. The topological polar surface area (TPSA) is 28.4 Å². The van der Waals surface area contributed by atoms with Crippen molar-refractivity contribution in [2.75, 3.05) is 19.6 Å². The van der Waals surface area contributed by atoms with Crippen LogP contribution in [0.1, 0.15) is 31.3 Å². The molecule has 17 heavy (non-hydrogen) atoms. The van der Waals surface area contributed by atoms with Gasteiger partial charge in [0, 0.05) is 19.0 Å². The summed E-state index contributed by atoms with van der Waals surface area (Å²) in [5, 5.41) is 3.67. The summed E-state index contributed by atoms with van der Waals surface area (Å²) in [6.45, 7) is 6.86. The van der Waals surface area contributed by atoms with Crippen molar-refractivity contribution in [1.29, 1.82) is 0 Å². The molecule has 3 saturated heterocycles. The van der Waals surface area contributed by atoms with E-state index >= 15 is 0 Å². The molecule has 1 unspecified atom stereocenters. The van der Waals surface area contributed by atoms with Crippen molar-refractivity contribution in [3.63, 3.8) is 0 Å². The van der Waals surface area contributed by atoms with Crippen LogP contribution in [0.5, 0.6) is 0 Å². The van der Waals surface area contributed by atoms with E-state index in [0.29, 0.717) is 6.04 Å². The average Bonchev–Trinajstić information content (AvgIpc) is 2.86. The van der Waals surface area contributed by atoms with Crippen LogP contribution in [0.2, 0.25) is 0 Å². The number of hydrogen-bond donors (Lipinski definition) is 1. The van der Waals surface area contributed by atoms with Gasteiger partial charge in [0.25, 0.3) is 0 Å². The molecule has 4 rings (SSSR count). The molecule has 1 aromatic heterocycles. The molecule has 1 N–H and O–H groups in total. The molecule has 0 amide bonds. The molecule has 0 saturated carbocycles. The Kier molecular flexibility index (Phi) is 3.21. The number of aryl methyl sites for hydroxylation is 1. The Morgan fingerprint density at radius 2 is 2.06 bits per heavy atom. The van der Waals surface area contributed by atoms with Crippen LogP contribution in [0, 0.1) is 5.92 Å². The van der Waals surface area contributed by atoms with Gasteiger partial charge >= 0.3 is 0 Å². The van der Waals surface area contributed by atoms with E-state index in [1.165, 1.54) is 32.5 Å². The summed E-state index contributed by atoms with van der Waals surface area (Å²) >= 11 is 0. The Bertz CT molecular complexity index is 366. The number of piperidine rings is 3. The Morgan fingerprint density at radius 3 is 2.65 bits per heavy atom. The first-order chi connectivity index (χ1) is 8.35. The number of hydrogen-bond acceptors (Lipinski definition) is 3. The molecule has 3 fully saturated rings. The number of rotatable bonds is 4.